The van der Waals surface area contributed by atoms with Crippen LogP contribution in [0.25, 0.3) is 0 Å². The minimum atomic E-state index is -0.402. The highest BCUT2D eigenvalue weighted by Crippen LogP contribution is 2.17. The molecule has 18 heavy (non-hydrogen) atoms. The van der Waals surface area contributed by atoms with E-state index < -0.39 is 5.91 Å². The fraction of sp³-hybridized carbons (Fsp3) is 0.385. The number of carbonyl (C=O) groups is 2. The molecule has 0 saturated carbocycles. The molecule has 0 aromatic heterocycles. The van der Waals surface area contributed by atoms with Gasteiger partial charge in [-0.3, -0.25) is 9.59 Å². The van der Waals surface area contributed by atoms with Crippen LogP contribution in [0.2, 0.25) is 0 Å². The van der Waals surface area contributed by atoms with Gasteiger partial charge in [-0.1, -0.05) is 11.6 Å². The zero-order valence-corrected chi connectivity index (χ0v) is 10.5. The van der Waals surface area contributed by atoms with Gasteiger partial charge in [-0.25, -0.2) is 0 Å². The summed E-state index contributed by atoms with van der Waals surface area (Å²) in [5, 5.41) is 12.1. The molecule has 0 unspecified atom stereocenters. The smallest absolute Gasteiger partial charge is 0.307 e. The van der Waals surface area contributed by atoms with Crippen molar-refractivity contribution < 1.29 is 19.4 Å². The fourth-order valence-electron chi connectivity index (χ4n) is 1.44. The van der Waals surface area contributed by atoms with E-state index in [9.17, 15) is 14.7 Å². The highest BCUT2D eigenvalue weighted by molar-refractivity contribution is 5.97. The van der Waals surface area contributed by atoms with Crippen LogP contribution in [0.1, 0.15) is 29.3 Å². The molecule has 1 amide bonds. The highest BCUT2D eigenvalue weighted by Gasteiger charge is 2.11. The molecule has 0 radical (unpaired) electrons. The molecule has 1 rings (SSSR count). The molecule has 0 fully saturated rings. The molecule has 0 aliphatic carbocycles. The maximum absolute atomic E-state index is 11.7. The van der Waals surface area contributed by atoms with E-state index >= 15 is 0 Å². The summed E-state index contributed by atoms with van der Waals surface area (Å²) >= 11 is 0. The molecule has 0 saturated heterocycles. The van der Waals surface area contributed by atoms with E-state index in [0.29, 0.717) is 6.61 Å². The number of ether oxygens (including phenoxy) is 1. The number of hydrogen-bond donors (Lipinski definition) is 2. The summed E-state index contributed by atoms with van der Waals surface area (Å²) < 4.78 is 4.73. The molecular weight excluding hydrogens is 234 g/mol. The van der Waals surface area contributed by atoms with E-state index in [4.69, 9.17) is 4.74 Å². The molecule has 0 spiro atoms. The topological polar surface area (TPSA) is 75.6 Å². The second kappa shape index (κ2) is 6.64. The summed E-state index contributed by atoms with van der Waals surface area (Å²) in [6, 6.07) is 4.77. The van der Waals surface area contributed by atoms with Crippen LogP contribution in [-0.4, -0.2) is 30.1 Å². The Balaban J connectivity index is 2.50. The van der Waals surface area contributed by atoms with E-state index in [-0.39, 0.29) is 30.2 Å². The second-order valence-electron chi connectivity index (χ2n) is 3.83. The third-order valence-corrected chi connectivity index (χ3v) is 2.32. The zero-order valence-electron chi connectivity index (χ0n) is 10.5. The van der Waals surface area contributed by atoms with Crippen LogP contribution in [0, 0.1) is 6.92 Å². The Morgan fingerprint density at radius 2 is 2.11 bits per heavy atom. The monoisotopic (exact) mass is 251 g/mol. The number of nitrogens with one attached hydrogen (secondary N) is 1. The number of phenols is 1. The summed E-state index contributed by atoms with van der Waals surface area (Å²) in [4.78, 5) is 22.8. The average molecular weight is 251 g/mol. The maximum atomic E-state index is 11.7. The maximum Gasteiger partial charge on any atom is 0.307 e. The molecule has 1 aromatic rings. The number of benzene rings is 1. The van der Waals surface area contributed by atoms with E-state index in [1.165, 1.54) is 6.07 Å². The van der Waals surface area contributed by atoms with Gasteiger partial charge < -0.3 is 15.2 Å². The number of amides is 1. The Labute approximate surface area is 106 Å². The van der Waals surface area contributed by atoms with Crippen molar-refractivity contribution in [2.75, 3.05) is 13.2 Å². The number of esters is 1. The van der Waals surface area contributed by atoms with Gasteiger partial charge in [-0.2, -0.15) is 0 Å². The Bertz CT molecular complexity index is 443. The molecule has 0 aliphatic rings. The van der Waals surface area contributed by atoms with Crippen LogP contribution in [0.5, 0.6) is 5.75 Å². The lowest BCUT2D eigenvalue weighted by molar-refractivity contribution is -0.142. The van der Waals surface area contributed by atoms with Gasteiger partial charge in [-0.15, -0.1) is 0 Å². The quantitative estimate of drug-likeness (QED) is 0.775. The Kier molecular flexibility index (Phi) is 5.17. The Morgan fingerprint density at radius 1 is 1.39 bits per heavy atom. The van der Waals surface area contributed by atoms with Crippen LogP contribution in [-0.2, 0) is 9.53 Å². The van der Waals surface area contributed by atoms with Gasteiger partial charge >= 0.3 is 5.97 Å². The van der Waals surface area contributed by atoms with Gasteiger partial charge in [0.2, 0.25) is 0 Å². The number of aryl methyl sites for hydroxylation is 1. The Hall–Kier alpha value is -2.04. The van der Waals surface area contributed by atoms with Crippen molar-refractivity contribution in [3.05, 3.63) is 29.3 Å². The third kappa shape index (κ3) is 4.08. The van der Waals surface area contributed by atoms with Crippen molar-refractivity contribution in [2.24, 2.45) is 0 Å². The first-order chi connectivity index (χ1) is 8.54. The van der Waals surface area contributed by atoms with Crippen molar-refractivity contribution in [3.8, 4) is 5.75 Å². The molecule has 0 aliphatic heterocycles. The second-order valence-corrected chi connectivity index (χ2v) is 3.83. The van der Waals surface area contributed by atoms with E-state index in [2.05, 4.69) is 5.32 Å². The fourth-order valence-corrected chi connectivity index (χ4v) is 1.44. The molecule has 98 valence electrons. The summed E-state index contributed by atoms with van der Waals surface area (Å²) in [6.07, 6.45) is 0.117. The van der Waals surface area contributed by atoms with Crippen LogP contribution in [0.15, 0.2) is 18.2 Å². The van der Waals surface area contributed by atoms with Gasteiger partial charge in [0.05, 0.1) is 18.6 Å². The molecule has 5 heteroatoms. The van der Waals surface area contributed by atoms with Crippen LogP contribution >= 0.6 is 0 Å². The molecule has 5 nitrogen and oxygen atoms in total. The van der Waals surface area contributed by atoms with E-state index in [0.717, 1.165) is 5.56 Å². The van der Waals surface area contributed by atoms with Crippen LogP contribution in [0.4, 0.5) is 0 Å². The number of hydrogen-bond acceptors (Lipinski definition) is 4. The zero-order chi connectivity index (χ0) is 13.5. The Morgan fingerprint density at radius 3 is 2.78 bits per heavy atom. The van der Waals surface area contributed by atoms with Crippen molar-refractivity contribution in [1.29, 1.82) is 0 Å². The summed E-state index contributed by atoms with van der Waals surface area (Å²) in [7, 11) is 0. The predicted molar refractivity (Wildman–Crippen MR) is 66.4 cm³/mol. The van der Waals surface area contributed by atoms with Crippen molar-refractivity contribution >= 4 is 11.9 Å². The molecule has 2 N–H and O–H groups in total. The van der Waals surface area contributed by atoms with Crippen LogP contribution < -0.4 is 5.32 Å². The summed E-state index contributed by atoms with van der Waals surface area (Å²) in [6.45, 7) is 4.06. The van der Waals surface area contributed by atoms with Crippen molar-refractivity contribution in [1.82, 2.24) is 5.32 Å². The van der Waals surface area contributed by atoms with Gasteiger partial charge in [0.1, 0.15) is 5.75 Å². The molecule has 1 aromatic carbocycles. The molecular formula is C13H17NO4. The molecule has 0 bridgehead atoms. The van der Waals surface area contributed by atoms with E-state index in [1.54, 1.807) is 19.1 Å². The minimum Gasteiger partial charge on any atom is -0.507 e. The number of carbonyl (C=O) groups excluding carboxylic acids is 2. The first-order valence-electron chi connectivity index (χ1n) is 5.78. The molecule has 0 atom stereocenters. The summed E-state index contributed by atoms with van der Waals surface area (Å²) in [5.74, 6) is -0.832. The number of phenolic OH excluding ortho intramolecular Hbond substituents is 1. The minimum absolute atomic E-state index is 0.0748. The number of rotatable bonds is 5. The van der Waals surface area contributed by atoms with Crippen LogP contribution in [0.3, 0.4) is 0 Å². The first-order valence-corrected chi connectivity index (χ1v) is 5.78. The van der Waals surface area contributed by atoms with E-state index in [1.807, 2.05) is 6.92 Å². The van der Waals surface area contributed by atoms with Gasteiger partial charge in [0, 0.05) is 6.54 Å². The highest BCUT2D eigenvalue weighted by atomic mass is 16.5. The number of aromatic hydroxyl groups is 1. The standard InChI is InChI=1S/C13H17NO4/c1-3-18-12(16)6-7-14-13(17)10-8-9(2)4-5-11(10)15/h4-5,8,15H,3,6-7H2,1-2H3,(H,14,17). The predicted octanol–water partition coefficient (Wildman–Crippen LogP) is 1.38. The van der Waals surface area contributed by atoms with Gasteiger partial charge in [0.25, 0.3) is 5.91 Å². The van der Waals surface area contributed by atoms with Crippen molar-refractivity contribution in [2.45, 2.75) is 20.3 Å². The molecule has 0 heterocycles. The lowest BCUT2D eigenvalue weighted by Crippen LogP contribution is -2.26. The first kappa shape index (κ1) is 14.0. The average Bonchev–Trinajstić information content (AvgIpc) is 2.32. The van der Waals surface area contributed by atoms with Gasteiger partial charge in [0.15, 0.2) is 0 Å². The lowest BCUT2D eigenvalue weighted by atomic mass is 10.1. The largest absolute Gasteiger partial charge is 0.507 e. The summed E-state index contributed by atoms with van der Waals surface area (Å²) in [5.41, 5.74) is 1.09. The van der Waals surface area contributed by atoms with Crippen molar-refractivity contribution in [3.63, 3.8) is 0 Å². The SMILES string of the molecule is CCOC(=O)CCNC(=O)c1cc(C)ccc1O. The lowest BCUT2D eigenvalue weighted by Gasteiger charge is -2.07. The third-order valence-electron chi connectivity index (χ3n) is 2.32. The van der Waals surface area contributed by atoms with Gasteiger partial charge in [-0.05, 0) is 26.0 Å². The normalized spacial score (nSPS) is 9.89.